The van der Waals surface area contributed by atoms with E-state index in [1.165, 1.54) is 6.42 Å². The molecule has 2 N–H and O–H groups in total. The number of benzene rings is 1. The highest BCUT2D eigenvalue weighted by molar-refractivity contribution is 6.30. The van der Waals surface area contributed by atoms with Crippen LogP contribution in [0.1, 0.15) is 36.0 Å². The Kier molecular flexibility index (Phi) is 3.19. The zero-order valence-electron chi connectivity index (χ0n) is 10.6. The Balaban J connectivity index is 1.86. The number of rotatable bonds is 1. The summed E-state index contributed by atoms with van der Waals surface area (Å²) in [7, 11) is 0. The van der Waals surface area contributed by atoms with Crippen LogP contribution in [0.4, 0.5) is 0 Å². The fraction of sp³-hybridized carbons (Fsp3) is 0.429. The molecule has 0 aromatic heterocycles. The normalized spacial score (nSPS) is 25.9. The number of carbonyl (C=O) groups excluding carboxylic acids is 1. The van der Waals surface area contributed by atoms with E-state index in [1.807, 2.05) is 0 Å². The first kappa shape index (κ1) is 12.5. The summed E-state index contributed by atoms with van der Waals surface area (Å²) in [6.45, 7) is 0. The number of carbonyl (C=O) groups is 1. The van der Waals surface area contributed by atoms with Gasteiger partial charge in [-0.25, -0.2) is 4.99 Å². The zero-order valence-corrected chi connectivity index (χ0v) is 11.3. The van der Waals surface area contributed by atoms with Crippen molar-refractivity contribution in [2.45, 2.75) is 37.8 Å². The Labute approximate surface area is 117 Å². The van der Waals surface area contributed by atoms with Crippen molar-refractivity contribution < 1.29 is 4.79 Å². The highest BCUT2D eigenvalue weighted by atomic mass is 35.5. The molecule has 2 aliphatic rings. The number of nitrogens with two attached hydrogens (primary N) is 1. The predicted molar refractivity (Wildman–Crippen MR) is 75.3 cm³/mol. The summed E-state index contributed by atoms with van der Waals surface area (Å²) in [4.78, 5) is 18.6. The second-order valence-corrected chi connectivity index (χ2v) is 5.52. The van der Waals surface area contributed by atoms with Crippen LogP contribution in [-0.4, -0.2) is 28.9 Å². The number of halogens is 1. The van der Waals surface area contributed by atoms with Crippen molar-refractivity contribution in [1.82, 2.24) is 4.90 Å². The molecule has 2 atom stereocenters. The van der Waals surface area contributed by atoms with Gasteiger partial charge >= 0.3 is 0 Å². The van der Waals surface area contributed by atoms with Gasteiger partial charge in [-0.3, -0.25) is 9.69 Å². The molecule has 19 heavy (non-hydrogen) atoms. The first-order valence-corrected chi connectivity index (χ1v) is 6.97. The van der Waals surface area contributed by atoms with Gasteiger partial charge in [-0.15, -0.1) is 0 Å². The van der Waals surface area contributed by atoms with Gasteiger partial charge in [0.05, 0.1) is 12.1 Å². The van der Waals surface area contributed by atoms with E-state index >= 15 is 0 Å². The van der Waals surface area contributed by atoms with Crippen LogP contribution in [0, 0.1) is 0 Å². The summed E-state index contributed by atoms with van der Waals surface area (Å²) >= 11 is 5.84. The molecule has 3 rings (SSSR count). The summed E-state index contributed by atoms with van der Waals surface area (Å²) in [5, 5.41) is 0.621. The van der Waals surface area contributed by atoms with Crippen LogP contribution in [0.3, 0.4) is 0 Å². The molecule has 4 nitrogen and oxygen atoms in total. The number of nitrogens with zero attached hydrogens (tertiary/aromatic N) is 2. The topological polar surface area (TPSA) is 58.7 Å². The van der Waals surface area contributed by atoms with Gasteiger partial charge in [0.15, 0.2) is 5.96 Å². The number of amides is 1. The molecule has 0 bridgehead atoms. The van der Waals surface area contributed by atoms with Crippen molar-refractivity contribution >= 4 is 23.5 Å². The molecule has 1 aliphatic carbocycles. The van der Waals surface area contributed by atoms with E-state index in [2.05, 4.69) is 4.99 Å². The second kappa shape index (κ2) is 4.85. The van der Waals surface area contributed by atoms with E-state index in [0.29, 0.717) is 16.5 Å². The molecule has 0 radical (unpaired) electrons. The molecule has 1 aliphatic heterocycles. The van der Waals surface area contributed by atoms with Crippen molar-refractivity contribution in [3.05, 3.63) is 34.9 Å². The van der Waals surface area contributed by atoms with E-state index < -0.39 is 0 Å². The van der Waals surface area contributed by atoms with E-state index in [-0.39, 0.29) is 18.0 Å². The minimum absolute atomic E-state index is 0.0766. The van der Waals surface area contributed by atoms with E-state index in [9.17, 15) is 4.79 Å². The van der Waals surface area contributed by atoms with Crippen LogP contribution in [0.15, 0.2) is 29.3 Å². The molecule has 100 valence electrons. The van der Waals surface area contributed by atoms with Crippen molar-refractivity contribution in [2.24, 2.45) is 10.7 Å². The number of guanidine groups is 1. The Hall–Kier alpha value is -1.55. The minimum Gasteiger partial charge on any atom is -0.369 e. The summed E-state index contributed by atoms with van der Waals surface area (Å²) in [6, 6.07) is 7.22. The average molecular weight is 278 g/mol. The van der Waals surface area contributed by atoms with Crippen LogP contribution in [0.2, 0.25) is 5.02 Å². The van der Waals surface area contributed by atoms with Crippen molar-refractivity contribution in [1.29, 1.82) is 0 Å². The maximum atomic E-state index is 12.5. The average Bonchev–Trinajstić information content (AvgIpc) is 2.74. The largest absolute Gasteiger partial charge is 0.369 e. The molecule has 1 saturated carbocycles. The van der Waals surface area contributed by atoms with Crippen LogP contribution in [-0.2, 0) is 0 Å². The van der Waals surface area contributed by atoms with E-state index in [4.69, 9.17) is 17.3 Å². The second-order valence-electron chi connectivity index (χ2n) is 5.09. The third kappa shape index (κ3) is 2.21. The van der Waals surface area contributed by atoms with Gasteiger partial charge in [-0.1, -0.05) is 24.4 Å². The van der Waals surface area contributed by atoms with Crippen molar-refractivity contribution in [2.75, 3.05) is 0 Å². The lowest BCUT2D eigenvalue weighted by Gasteiger charge is -2.30. The highest BCUT2D eigenvalue weighted by Crippen LogP contribution is 2.31. The van der Waals surface area contributed by atoms with Crippen molar-refractivity contribution in [3.8, 4) is 0 Å². The van der Waals surface area contributed by atoms with E-state index in [1.54, 1.807) is 29.2 Å². The minimum atomic E-state index is -0.0766. The van der Waals surface area contributed by atoms with Crippen LogP contribution in [0.25, 0.3) is 0 Å². The Morgan fingerprint density at radius 1 is 1.26 bits per heavy atom. The first-order chi connectivity index (χ1) is 9.16. The molecule has 1 aromatic rings. The molecular weight excluding hydrogens is 262 g/mol. The van der Waals surface area contributed by atoms with Gasteiger partial charge in [0.1, 0.15) is 0 Å². The standard InChI is InChI=1S/C14H16ClN3O/c15-10-7-5-9(6-8-10)13(19)18-12-4-2-1-3-11(12)17-14(18)16/h5-8,11-12H,1-4H2,(H2,16,17). The molecule has 1 aromatic carbocycles. The Morgan fingerprint density at radius 3 is 2.68 bits per heavy atom. The summed E-state index contributed by atoms with van der Waals surface area (Å²) in [5.41, 5.74) is 6.54. The third-order valence-electron chi connectivity index (χ3n) is 3.88. The van der Waals surface area contributed by atoms with Gasteiger partial charge in [0.2, 0.25) is 0 Å². The Bertz CT molecular complexity index is 526. The third-order valence-corrected chi connectivity index (χ3v) is 4.13. The maximum Gasteiger partial charge on any atom is 0.260 e. The lowest BCUT2D eigenvalue weighted by Crippen LogP contribution is -2.47. The lowest BCUT2D eigenvalue weighted by atomic mass is 9.90. The molecule has 1 amide bonds. The van der Waals surface area contributed by atoms with Crippen LogP contribution in [0.5, 0.6) is 0 Å². The van der Waals surface area contributed by atoms with Gasteiger partial charge in [0, 0.05) is 10.6 Å². The zero-order chi connectivity index (χ0) is 13.4. The number of aliphatic imine (C=N–C) groups is 1. The van der Waals surface area contributed by atoms with Crippen LogP contribution < -0.4 is 5.73 Å². The maximum absolute atomic E-state index is 12.5. The monoisotopic (exact) mass is 277 g/mol. The highest BCUT2D eigenvalue weighted by Gasteiger charge is 2.40. The molecule has 2 unspecified atom stereocenters. The summed E-state index contributed by atoms with van der Waals surface area (Å²) < 4.78 is 0. The lowest BCUT2D eigenvalue weighted by molar-refractivity contribution is 0.0784. The summed E-state index contributed by atoms with van der Waals surface area (Å²) in [6.07, 6.45) is 4.30. The smallest absolute Gasteiger partial charge is 0.260 e. The molecular formula is C14H16ClN3O. The predicted octanol–water partition coefficient (Wildman–Crippen LogP) is 2.42. The molecule has 0 saturated heterocycles. The number of hydrogen-bond acceptors (Lipinski definition) is 3. The van der Waals surface area contributed by atoms with E-state index in [0.717, 1.165) is 19.3 Å². The molecule has 5 heteroatoms. The van der Waals surface area contributed by atoms with Crippen LogP contribution >= 0.6 is 11.6 Å². The van der Waals surface area contributed by atoms with Gasteiger partial charge in [-0.05, 0) is 37.1 Å². The summed E-state index contributed by atoms with van der Waals surface area (Å²) in [5.74, 6) is 0.282. The number of fused-ring (bicyclic) bond motifs is 1. The van der Waals surface area contributed by atoms with Gasteiger partial charge < -0.3 is 5.73 Å². The van der Waals surface area contributed by atoms with Gasteiger partial charge in [-0.2, -0.15) is 0 Å². The quantitative estimate of drug-likeness (QED) is 0.857. The van der Waals surface area contributed by atoms with Gasteiger partial charge in [0.25, 0.3) is 5.91 Å². The van der Waals surface area contributed by atoms with Crippen molar-refractivity contribution in [3.63, 3.8) is 0 Å². The fourth-order valence-corrected chi connectivity index (χ4v) is 3.06. The fourth-order valence-electron chi connectivity index (χ4n) is 2.93. The first-order valence-electron chi connectivity index (χ1n) is 6.59. The molecule has 1 fully saturated rings. The Morgan fingerprint density at radius 2 is 1.95 bits per heavy atom. The SMILES string of the molecule is NC1=NC2CCCCC2N1C(=O)c1ccc(Cl)cc1. The molecule has 0 spiro atoms. The number of hydrogen-bond donors (Lipinski definition) is 1. The molecule has 1 heterocycles.